The molecule has 0 atom stereocenters. The Morgan fingerprint density at radius 3 is 2.89 bits per heavy atom. The van der Waals surface area contributed by atoms with E-state index in [9.17, 15) is 0 Å². The number of rotatable bonds is 4. The summed E-state index contributed by atoms with van der Waals surface area (Å²) in [7, 11) is 0. The Hall–Kier alpha value is -2.07. The van der Waals surface area contributed by atoms with Crippen LogP contribution in [0.1, 0.15) is 5.56 Å². The van der Waals surface area contributed by atoms with Crippen LogP contribution in [0.3, 0.4) is 0 Å². The van der Waals surface area contributed by atoms with E-state index >= 15 is 0 Å². The fraction of sp³-hybridized carbons (Fsp3) is 0.214. The average Bonchev–Trinajstić information content (AvgIpc) is 3.00. The largest absolute Gasteiger partial charge is 0.395 e. The summed E-state index contributed by atoms with van der Waals surface area (Å²) in [6.45, 7) is 1.59. The van der Waals surface area contributed by atoms with Crippen LogP contribution < -0.4 is 0 Å². The molecule has 0 saturated heterocycles. The Morgan fingerprint density at radius 1 is 1.22 bits per heavy atom. The van der Waals surface area contributed by atoms with Crippen molar-refractivity contribution in [2.45, 2.75) is 13.1 Å². The molecule has 0 spiro atoms. The minimum absolute atomic E-state index is 0.156. The third kappa shape index (κ3) is 1.91. The first-order valence-electron chi connectivity index (χ1n) is 6.02. The summed E-state index contributed by atoms with van der Waals surface area (Å²) >= 11 is 0. The number of hydrogen-bond donors (Lipinski definition) is 1. The second kappa shape index (κ2) is 4.66. The topological polar surface area (TPSA) is 43.0 Å². The molecule has 2 aromatic heterocycles. The van der Waals surface area contributed by atoms with E-state index in [0.29, 0.717) is 6.54 Å². The van der Waals surface area contributed by atoms with Crippen LogP contribution in [0.15, 0.2) is 49.2 Å². The van der Waals surface area contributed by atoms with Gasteiger partial charge in [0.05, 0.1) is 19.5 Å². The molecule has 0 aliphatic rings. The molecule has 0 radical (unpaired) electrons. The zero-order valence-corrected chi connectivity index (χ0v) is 10.0. The predicted molar refractivity (Wildman–Crippen MR) is 70.4 cm³/mol. The first-order valence-corrected chi connectivity index (χ1v) is 6.02. The van der Waals surface area contributed by atoms with E-state index in [4.69, 9.17) is 5.11 Å². The maximum Gasteiger partial charge on any atom is 0.0949 e. The molecular formula is C14H15N3O. The maximum atomic E-state index is 9.11. The second-order valence-electron chi connectivity index (χ2n) is 4.32. The molecule has 92 valence electrons. The van der Waals surface area contributed by atoms with E-state index in [1.165, 1.54) is 16.5 Å². The lowest BCUT2D eigenvalue weighted by molar-refractivity contribution is 0.278. The lowest BCUT2D eigenvalue weighted by Gasteiger charge is -2.00. The summed E-state index contributed by atoms with van der Waals surface area (Å²) in [6.07, 6.45) is 7.67. The molecule has 0 saturated carbocycles. The summed E-state index contributed by atoms with van der Waals surface area (Å²) < 4.78 is 4.15. The number of aliphatic hydroxyl groups excluding tert-OH is 1. The Morgan fingerprint density at radius 2 is 2.11 bits per heavy atom. The number of imidazole rings is 1. The average molecular weight is 241 g/mol. The molecule has 0 aliphatic heterocycles. The fourth-order valence-electron chi connectivity index (χ4n) is 2.32. The SMILES string of the molecule is OCCn1cc(Cn2ccnc2)c2ccccc21. The van der Waals surface area contributed by atoms with E-state index in [2.05, 4.69) is 27.9 Å². The standard InChI is InChI=1S/C14H15N3O/c18-8-7-17-10-12(9-16-6-5-15-11-16)13-3-1-2-4-14(13)17/h1-6,10-11,18H,7-9H2. The molecule has 3 aromatic rings. The van der Waals surface area contributed by atoms with Crippen LogP contribution in [0.4, 0.5) is 0 Å². The van der Waals surface area contributed by atoms with Gasteiger partial charge in [0.15, 0.2) is 0 Å². The van der Waals surface area contributed by atoms with Crippen LogP contribution in [0, 0.1) is 0 Å². The molecule has 3 rings (SSSR count). The lowest BCUT2D eigenvalue weighted by atomic mass is 10.2. The molecule has 1 aromatic carbocycles. The van der Waals surface area contributed by atoms with Gasteiger partial charge in [-0.15, -0.1) is 0 Å². The van der Waals surface area contributed by atoms with Crippen LogP contribution in [-0.4, -0.2) is 25.8 Å². The molecule has 4 nitrogen and oxygen atoms in total. The predicted octanol–water partition coefficient (Wildman–Crippen LogP) is 1.88. The Kier molecular flexibility index (Phi) is 2.86. The van der Waals surface area contributed by atoms with Gasteiger partial charge in [0, 0.05) is 36.0 Å². The van der Waals surface area contributed by atoms with Crippen molar-refractivity contribution in [3.63, 3.8) is 0 Å². The molecule has 0 unspecified atom stereocenters. The molecule has 18 heavy (non-hydrogen) atoms. The van der Waals surface area contributed by atoms with Gasteiger partial charge in [-0.05, 0) is 11.6 Å². The molecule has 0 bridgehead atoms. The van der Waals surface area contributed by atoms with Gasteiger partial charge in [-0.25, -0.2) is 4.98 Å². The van der Waals surface area contributed by atoms with Gasteiger partial charge in [-0.2, -0.15) is 0 Å². The van der Waals surface area contributed by atoms with Crippen molar-refractivity contribution in [1.29, 1.82) is 0 Å². The zero-order chi connectivity index (χ0) is 12.4. The summed E-state index contributed by atoms with van der Waals surface area (Å²) in [5.74, 6) is 0. The summed E-state index contributed by atoms with van der Waals surface area (Å²) in [5.41, 5.74) is 2.42. The van der Waals surface area contributed by atoms with Crippen molar-refractivity contribution in [3.8, 4) is 0 Å². The molecule has 4 heteroatoms. The number of aliphatic hydroxyl groups is 1. The van der Waals surface area contributed by atoms with Crippen molar-refractivity contribution < 1.29 is 5.11 Å². The quantitative estimate of drug-likeness (QED) is 0.758. The van der Waals surface area contributed by atoms with E-state index in [1.807, 2.05) is 29.2 Å². The van der Waals surface area contributed by atoms with Crippen LogP contribution in [0.2, 0.25) is 0 Å². The molecule has 1 N–H and O–H groups in total. The monoisotopic (exact) mass is 241 g/mol. The van der Waals surface area contributed by atoms with Crippen LogP contribution in [0.25, 0.3) is 10.9 Å². The Bertz CT molecular complexity index is 640. The van der Waals surface area contributed by atoms with Crippen molar-refractivity contribution in [3.05, 3.63) is 54.7 Å². The van der Waals surface area contributed by atoms with E-state index in [1.54, 1.807) is 6.20 Å². The van der Waals surface area contributed by atoms with Crippen molar-refractivity contribution in [1.82, 2.24) is 14.1 Å². The highest BCUT2D eigenvalue weighted by molar-refractivity contribution is 5.83. The van der Waals surface area contributed by atoms with Gasteiger partial charge < -0.3 is 14.2 Å². The van der Waals surface area contributed by atoms with Gasteiger partial charge in [-0.3, -0.25) is 0 Å². The smallest absolute Gasteiger partial charge is 0.0949 e. The normalized spacial score (nSPS) is 11.2. The summed E-state index contributed by atoms with van der Waals surface area (Å²) in [5, 5.41) is 10.3. The Labute approximate surface area is 105 Å². The van der Waals surface area contributed by atoms with E-state index in [0.717, 1.165) is 6.54 Å². The number of aromatic nitrogens is 3. The van der Waals surface area contributed by atoms with Crippen LogP contribution in [0.5, 0.6) is 0 Å². The van der Waals surface area contributed by atoms with Gasteiger partial charge in [0.1, 0.15) is 0 Å². The highest BCUT2D eigenvalue weighted by Gasteiger charge is 2.07. The highest BCUT2D eigenvalue weighted by atomic mass is 16.3. The van der Waals surface area contributed by atoms with E-state index < -0.39 is 0 Å². The van der Waals surface area contributed by atoms with Crippen molar-refractivity contribution in [2.75, 3.05) is 6.61 Å². The maximum absolute atomic E-state index is 9.11. The van der Waals surface area contributed by atoms with Crippen LogP contribution >= 0.6 is 0 Å². The Balaban J connectivity index is 2.05. The molecular weight excluding hydrogens is 226 g/mol. The third-order valence-corrected chi connectivity index (χ3v) is 3.12. The van der Waals surface area contributed by atoms with Crippen LogP contribution in [-0.2, 0) is 13.1 Å². The lowest BCUT2D eigenvalue weighted by Crippen LogP contribution is -2.00. The molecule has 0 fully saturated rings. The molecule has 2 heterocycles. The molecule has 0 amide bonds. The third-order valence-electron chi connectivity index (χ3n) is 3.12. The minimum Gasteiger partial charge on any atom is -0.395 e. The number of nitrogens with zero attached hydrogens (tertiary/aromatic N) is 3. The number of para-hydroxylation sites is 1. The fourth-order valence-corrected chi connectivity index (χ4v) is 2.32. The first-order chi connectivity index (χ1) is 8.88. The zero-order valence-electron chi connectivity index (χ0n) is 10.0. The summed E-state index contributed by atoms with van der Waals surface area (Å²) in [4.78, 5) is 4.06. The molecule has 0 aliphatic carbocycles. The minimum atomic E-state index is 0.156. The van der Waals surface area contributed by atoms with E-state index in [-0.39, 0.29) is 6.61 Å². The first kappa shape index (κ1) is 11.0. The van der Waals surface area contributed by atoms with Gasteiger partial charge in [0.2, 0.25) is 0 Å². The number of fused-ring (bicyclic) bond motifs is 1. The number of hydrogen-bond acceptors (Lipinski definition) is 2. The van der Waals surface area contributed by atoms with Gasteiger partial charge >= 0.3 is 0 Å². The van der Waals surface area contributed by atoms with Gasteiger partial charge in [0.25, 0.3) is 0 Å². The highest BCUT2D eigenvalue weighted by Crippen LogP contribution is 2.22. The van der Waals surface area contributed by atoms with Crippen molar-refractivity contribution in [2.24, 2.45) is 0 Å². The summed E-state index contributed by atoms with van der Waals surface area (Å²) in [6, 6.07) is 8.28. The van der Waals surface area contributed by atoms with Crippen molar-refractivity contribution >= 4 is 10.9 Å². The van der Waals surface area contributed by atoms with Gasteiger partial charge in [-0.1, -0.05) is 18.2 Å². The second-order valence-corrected chi connectivity index (χ2v) is 4.32. The number of benzene rings is 1.